The average Bonchev–Trinajstić information content (AvgIpc) is 2.99. The van der Waals surface area contributed by atoms with Crippen molar-refractivity contribution < 1.29 is 9.47 Å². The van der Waals surface area contributed by atoms with E-state index in [0.717, 1.165) is 44.2 Å². The van der Waals surface area contributed by atoms with Crippen molar-refractivity contribution >= 4 is 5.82 Å². The Bertz CT molecular complexity index is 684. The molecule has 136 valence electrons. The van der Waals surface area contributed by atoms with Crippen LogP contribution in [0.3, 0.4) is 0 Å². The summed E-state index contributed by atoms with van der Waals surface area (Å²) in [6, 6.07) is 5.69. The second-order valence-corrected chi connectivity index (χ2v) is 7.27. The summed E-state index contributed by atoms with van der Waals surface area (Å²) in [6.45, 7) is 11.4. The number of anilines is 1. The topological polar surface area (TPSA) is 78.4 Å². The van der Waals surface area contributed by atoms with Crippen molar-refractivity contribution in [1.82, 2.24) is 19.7 Å². The van der Waals surface area contributed by atoms with Crippen LogP contribution in [0.15, 0.2) is 24.4 Å². The van der Waals surface area contributed by atoms with Crippen molar-refractivity contribution in [2.75, 3.05) is 45.2 Å². The molecular weight excluding hydrogens is 318 g/mol. The van der Waals surface area contributed by atoms with Crippen LogP contribution in [0.5, 0.6) is 5.88 Å². The van der Waals surface area contributed by atoms with Crippen LogP contribution in [0, 0.1) is 0 Å². The zero-order chi connectivity index (χ0) is 17.9. The second-order valence-electron chi connectivity index (χ2n) is 7.27. The molecule has 0 bridgehead atoms. The number of hydrogen-bond donors (Lipinski definition) is 1. The maximum absolute atomic E-state index is 6.10. The van der Waals surface area contributed by atoms with Crippen molar-refractivity contribution in [3.05, 3.63) is 30.1 Å². The number of nitrogen functional groups attached to an aromatic ring is 1. The fourth-order valence-corrected chi connectivity index (χ4v) is 2.66. The van der Waals surface area contributed by atoms with Gasteiger partial charge in [0.1, 0.15) is 12.4 Å². The Hall–Kier alpha value is -2.12. The molecule has 1 aliphatic heterocycles. The van der Waals surface area contributed by atoms with Crippen LogP contribution < -0.4 is 10.5 Å². The summed E-state index contributed by atoms with van der Waals surface area (Å²) in [4.78, 5) is 6.70. The Morgan fingerprint density at radius 2 is 2.00 bits per heavy atom. The molecule has 7 nitrogen and oxygen atoms in total. The van der Waals surface area contributed by atoms with Gasteiger partial charge >= 0.3 is 0 Å². The third-order valence-electron chi connectivity index (χ3n) is 4.23. The molecule has 7 heteroatoms. The first-order chi connectivity index (χ1) is 11.9. The lowest BCUT2D eigenvalue weighted by Gasteiger charge is -2.26. The second kappa shape index (κ2) is 7.41. The Morgan fingerprint density at radius 1 is 1.24 bits per heavy atom. The van der Waals surface area contributed by atoms with Crippen molar-refractivity contribution in [3.8, 4) is 11.6 Å². The highest BCUT2D eigenvalue weighted by atomic mass is 16.5. The van der Waals surface area contributed by atoms with E-state index in [4.69, 9.17) is 15.2 Å². The predicted octanol–water partition coefficient (Wildman–Crippen LogP) is 1.86. The third-order valence-corrected chi connectivity index (χ3v) is 4.23. The Kier molecular flexibility index (Phi) is 5.24. The summed E-state index contributed by atoms with van der Waals surface area (Å²) in [7, 11) is 0. The summed E-state index contributed by atoms with van der Waals surface area (Å²) in [6.07, 6.45) is 1.74. The maximum Gasteiger partial charge on any atom is 0.213 e. The quantitative estimate of drug-likeness (QED) is 0.891. The molecule has 25 heavy (non-hydrogen) atoms. The monoisotopic (exact) mass is 345 g/mol. The van der Waals surface area contributed by atoms with Crippen molar-refractivity contribution in [2.24, 2.45) is 0 Å². The number of morpholine rings is 1. The third kappa shape index (κ3) is 4.49. The van der Waals surface area contributed by atoms with Gasteiger partial charge in [-0.25, -0.2) is 9.67 Å². The zero-order valence-corrected chi connectivity index (χ0v) is 15.2. The Morgan fingerprint density at radius 3 is 2.60 bits per heavy atom. The van der Waals surface area contributed by atoms with Gasteiger partial charge < -0.3 is 15.2 Å². The van der Waals surface area contributed by atoms with E-state index in [-0.39, 0.29) is 5.41 Å². The standard InChI is InChI=1S/C18H27N5O2/c1-18(2,3)15-12-16(19)23(21-15)14-4-5-17(20-13-14)25-11-8-22-6-9-24-10-7-22/h4-5,12-13H,6-11,19H2,1-3H3. The molecule has 1 fully saturated rings. The fourth-order valence-electron chi connectivity index (χ4n) is 2.66. The van der Waals surface area contributed by atoms with Gasteiger partial charge in [0.2, 0.25) is 5.88 Å². The van der Waals surface area contributed by atoms with Gasteiger partial charge in [0.25, 0.3) is 0 Å². The molecule has 0 spiro atoms. The molecule has 1 aliphatic rings. The Labute approximate surface area is 148 Å². The van der Waals surface area contributed by atoms with Gasteiger partial charge in [0, 0.05) is 37.2 Å². The molecule has 0 unspecified atom stereocenters. The van der Waals surface area contributed by atoms with Crippen LogP contribution in [0.25, 0.3) is 5.69 Å². The highest BCUT2D eigenvalue weighted by Gasteiger charge is 2.19. The molecule has 1 saturated heterocycles. The molecular formula is C18H27N5O2. The summed E-state index contributed by atoms with van der Waals surface area (Å²) < 4.78 is 12.8. The van der Waals surface area contributed by atoms with E-state index in [1.807, 2.05) is 18.2 Å². The smallest absolute Gasteiger partial charge is 0.213 e. The van der Waals surface area contributed by atoms with E-state index < -0.39 is 0 Å². The average molecular weight is 345 g/mol. The molecule has 2 aromatic rings. The molecule has 0 radical (unpaired) electrons. The SMILES string of the molecule is CC(C)(C)c1cc(N)n(-c2ccc(OCCN3CCOCC3)nc2)n1. The van der Waals surface area contributed by atoms with E-state index >= 15 is 0 Å². The lowest BCUT2D eigenvalue weighted by Crippen LogP contribution is -2.38. The maximum atomic E-state index is 6.10. The van der Waals surface area contributed by atoms with Gasteiger partial charge in [-0.15, -0.1) is 0 Å². The number of nitrogens with two attached hydrogens (primary N) is 1. The normalized spacial score (nSPS) is 16.1. The van der Waals surface area contributed by atoms with E-state index in [9.17, 15) is 0 Å². The fraction of sp³-hybridized carbons (Fsp3) is 0.556. The predicted molar refractivity (Wildman–Crippen MR) is 97.2 cm³/mol. The summed E-state index contributed by atoms with van der Waals surface area (Å²) >= 11 is 0. The molecule has 3 rings (SSSR count). The van der Waals surface area contributed by atoms with Crippen LogP contribution in [0.2, 0.25) is 0 Å². The van der Waals surface area contributed by atoms with Crippen molar-refractivity contribution in [2.45, 2.75) is 26.2 Å². The van der Waals surface area contributed by atoms with Crippen LogP contribution >= 0.6 is 0 Å². The Balaban J connectivity index is 1.59. The molecule has 3 heterocycles. The number of rotatable bonds is 5. The molecule has 0 atom stereocenters. The molecule has 0 amide bonds. The largest absolute Gasteiger partial charge is 0.476 e. The van der Waals surface area contributed by atoms with Crippen molar-refractivity contribution in [1.29, 1.82) is 0 Å². The molecule has 0 aromatic carbocycles. The van der Waals surface area contributed by atoms with Crippen LogP contribution in [0.1, 0.15) is 26.5 Å². The van der Waals surface area contributed by atoms with Crippen molar-refractivity contribution in [3.63, 3.8) is 0 Å². The van der Waals surface area contributed by atoms with Gasteiger partial charge in [-0.05, 0) is 6.07 Å². The number of hydrogen-bond acceptors (Lipinski definition) is 6. The number of nitrogens with zero attached hydrogens (tertiary/aromatic N) is 4. The van der Waals surface area contributed by atoms with E-state index in [1.54, 1.807) is 10.9 Å². The highest BCUT2D eigenvalue weighted by molar-refractivity contribution is 5.43. The van der Waals surface area contributed by atoms with Crippen LogP contribution in [-0.2, 0) is 10.2 Å². The minimum Gasteiger partial charge on any atom is -0.476 e. The molecule has 0 saturated carbocycles. The van der Waals surface area contributed by atoms with E-state index in [0.29, 0.717) is 18.3 Å². The lowest BCUT2D eigenvalue weighted by molar-refractivity contribution is 0.0320. The molecule has 0 aliphatic carbocycles. The first-order valence-corrected chi connectivity index (χ1v) is 8.69. The molecule has 2 aromatic heterocycles. The first kappa shape index (κ1) is 17.7. The number of ether oxygens (including phenoxy) is 2. The summed E-state index contributed by atoms with van der Waals surface area (Å²) in [5.41, 5.74) is 7.83. The van der Waals surface area contributed by atoms with Crippen LogP contribution in [-0.4, -0.2) is 59.1 Å². The summed E-state index contributed by atoms with van der Waals surface area (Å²) in [5, 5.41) is 4.60. The minimum absolute atomic E-state index is 0.0463. The van der Waals surface area contributed by atoms with Gasteiger partial charge in [0.05, 0.1) is 30.8 Å². The van der Waals surface area contributed by atoms with E-state index in [2.05, 4.69) is 35.8 Å². The van der Waals surface area contributed by atoms with Gasteiger partial charge in [0.15, 0.2) is 0 Å². The number of aromatic nitrogens is 3. The van der Waals surface area contributed by atoms with E-state index in [1.165, 1.54) is 0 Å². The minimum atomic E-state index is -0.0463. The first-order valence-electron chi connectivity index (χ1n) is 8.69. The lowest BCUT2D eigenvalue weighted by atomic mass is 9.92. The van der Waals surface area contributed by atoms with Gasteiger partial charge in [-0.1, -0.05) is 20.8 Å². The summed E-state index contributed by atoms with van der Waals surface area (Å²) in [5.74, 6) is 1.21. The molecule has 2 N–H and O–H groups in total. The van der Waals surface area contributed by atoms with Gasteiger partial charge in [-0.2, -0.15) is 5.10 Å². The number of pyridine rings is 1. The van der Waals surface area contributed by atoms with Gasteiger partial charge in [-0.3, -0.25) is 4.90 Å². The zero-order valence-electron chi connectivity index (χ0n) is 15.2. The van der Waals surface area contributed by atoms with Crippen LogP contribution in [0.4, 0.5) is 5.82 Å². The highest BCUT2D eigenvalue weighted by Crippen LogP contribution is 2.24.